The Morgan fingerprint density at radius 3 is 2.71 bits per heavy atom. The summed E-state index contributed by atoms with van der Waals surface area (Å²) in [5.41, 5.74) is 3.33. The molecule has 1 amide bonds. The van der Waals surface area contributed by atoms with Crippen LogP contribution >= 0.6 is 11.3 Å². The van der Waals surface area contributed by atoms with E-state index in [1.807, 2.05) is 18.4 Å². The highest BCUT2D eigenvalue weighted by molar-refractivity contribution is 7.10. The number of carbonyl (C=O) groups excluding carboxylic acids is 1. The lowest BCUT2D eigenvalue weighted by Crippen LogP contribution is -2.25. The van der Waals surface area contributed by atoms with Gasteiger partial charge in [-0.15, -0.1) is 11.3 Å². The lowest BCUT2D eigenvalue weighted by atomic mass is 10.0. The minimum Gasteiger partial charge on any atom is -0.273 e. The number of thiophene rings is 1. The van der Waals surface area contributed by atoms with Gasteiger partial charge in [0, 0.05) is 17.7 Å². The van der Waals surface area contributed by atoms with Crippen molar-refractivity contribution in [2.45, 2.75) is 32.7 Å². The molecule has 1 atom stereocenters. The number of carbonyl (C=O) groups is 1. The molecule has 1 aromatic heterocycles. The Morgan fingerprint density at radius 2 is 2.10 bits per heavy atom. The van der Waals surface area contributed by atoms with Crippen molar-refractivity contribution >= 4 is 23.0 Å². The minimum atomic E-state index is 0.0498. The van der Waals surface area contributed by atoms with Crippen LogP contribution in [-0.4, -0.2) is 16.6 Å². The van der Waals surface area contributed by atoms with Crippen molar-refractivity contribution in [2.75, 3.05) is 0 Å². The van der Waals surface area contributed by atoms with Crippen molar-refractivity contribution in [3.05, 3.63) is 57.8 Å². The molecule has 1 aromatic carbocycles. The highest BCUT2D eigenvalue weighted by atomic mass is 32.1. The topological polar surface area (TPSA) is 32.7 Å². The van der Waals surface area contributed by atoms with Crippen LogP contribution in [0.3, 0.4) is 0 Å². The second-order valence-electron chi connectivity index (χ2n) is 5.24. The van der Waals surface area contributed by atoms with E-state index in [1.165, 1.54) is 10.4 Å². The minimum absolute atomic E-state index is 0.0498. The van der Waals surface area contributed by atoms with Gasteiger partial charge in [-0.25, -0.2) is 5.01 Å². The molecule has 1 aliphatic rings. The second kappa shape index (κ2) is 5.82. The first kappa shape index (κ1) is 14.0. The predicted octanol–water partition coefficient (Wildman–Crippen LogP) is 4.14. The highest BCUT2D eigenvalue weighted by Crippen LogP contribution is 2.35. The fourth-order valence-electron chi connectivity index (χ4n) is 2.53. The maximum Gasteiger partial charge on any atom is 0.243 e. The zero-order valence-electron chi connectivity index (χ0n) is 12.2. The summed E-state index contributed by atoms with van der Waals surface area (Å²) in [7, 11) is 0. The first-order valence-corrected chi connectivity index (χ1v) is 8.07. The van der Waals surface area contributed by atoms with Gasteiger partial charge in [-0.05, 0) is 23.9 Å². The lowest BCUT2D eigenvalue weighted by Gasteiger charge is -2.19. The van der Waals surface area contributed by atoms with Gasteiger partial charge in [0.05, 0.1) is 11.8 Å². The van der Waals surface area contributed by atoms with Crippen LogP contribution in [0.2, 0.25) is 0 Å². The molecule has 108 valence electrons. The SMILES string of the molecule is CCC(=O)N1N=C(c2ccc(C)cc2)CC1c1cccs1. The van der Waals surface area contributed by atoms with Crippen molar-refractivity contribution in [2.24, 2.45) is 5.10 Å². The molecule has 0 aliphatic carbocycles. The number of amides is 1. The quantitative estimate of drug-likeness (QED) is 0.838. The van der Waals surface area contributed by atoms with E-state index >= 15 is 0 Å². The average Bonchev–Trinajstić information content (AvgIpc) is 3.16. The maximum atomic E-state index is 12.2. The molecule has 0 spiro atoms. The number of hydrogen-bond acceptors (Lipinski definition) is 3. The lowest BCUT2D eigenvalue weighted by molar-refractivity contribution is -0.132. The van der Waals surface area contributed by atoms with E-state index in [0.717, 1.165) is 17.7 Å². The summed E-state index contributed by atoms with van der Waals surface area (Å²) in [6.07, 6.45) is 1.27. The molecule has 2 aromatic rings. The molecule has 0 bridgehead atoms. The van der Waals surface area contributed by atoms with Crippen LogP contribution in [0.5, 0.6) is 0 Å². The Labute approximate surface area is 128 Å². The van der Waals surface area contributed by atoms with Crippen LogP contribution in [0.1, 0.15) is 41.8 Å². The molecule has 4 heteroatoms. The van der Waals surface area contributed by atoms with Crippen molar-refractivity contribution in [1.29, 1.82) is 0 Å². The fraction of sp³-hybridized carbons (Fsp3) is 0.294. The Bertz CT molecular complexity index is 659. The average molecular weight is 298 g/mol. The van der Waals surface area contributed by atoms with Crippen molar-refractivity contribution < 1.29 is 4.79 Å². The van der Waals surface area contributed by atoms with E-state index in [2.05, 4.69) is 42.4 Å². The predicted molar refractivity (Wildman–Crippen MR) is 86.5 cm³/mol. The van der Waals surface area contributed by atoms with Gasteiger partial charge in [-0.3, -0.25) is 4.79 Å². The molecule has 0 radical (unpaired) electrons. The maximum absolute atomic E-state index is 12.2. The molecular weight excluding hydrogens is 280 g/mol. The van der Waals surface area contributed by atoms with Gasteiger partial charge in [0.15, 0.2) is 0 Å². The van der Waals surface area contributed by atoms with Crippen LogP contribution in [0.15, 0.2) is 46.9 Å². The van der Waals surface area contributed by atoms with E-state index < -0.39 is 0 Å². The molecule has 3 rings (SSSR count). The first-order valence-electron chi connectivity index (χ1n) is 7.19. The Morgan fingerprint density at radius 1 is 1.33 bits per heavy atom. The molecule has 3 nitrogen and oxygen atoms in total. The van der Waals surface area contributed by atoms with E-state index in [-0.39, 0.29) is 11.9 Å². The molecule has 1 unspecified atom stereocenters. The number of nitrogens with zero attached hydrogens (tertiary/aromatic N) is 2. The molecular formula is C17H18N2OS. The van der Waals surface area contributed by atoms with Crippen LogP contribution in [0.4, 0.5) is 0 Å². The molecule has 21 heavy (non-hydrogen) atoms. The molecule has 0 fully saturated rings. The van der Waals surface area contributed by atoms with Crippen molar-refractivity contribution in [3.63, 3.8) is 0 Å². The number of aryl methyl sites for hydroxylation is 1. The number of rotatable bonds is 3. The van der Waals surface area contributed by atoms with Crippen LogP contribution in [0, 0.1) is 6.92 Å². The van der Waals surface area contributed by atoms with E-state index in [0.29, 0.717) is 6.42 Å². The van der Waals surface area contributed by atoms with Crippen molar-refractivity contribution in [3.8, 4) is 0 Å². The van der Waals surface area contributed by atoms with Gasteiger partial charge in [0.25, 0.3) is 0 Å². The van der Waals surface area contributed by atoms with Crippen LogP contribution in [0.25, 0.3) is 0 Å². The van der Waals surface area contributed by atoms with E-state index in [9.17, 15) is 4.79 Å². The molecule has 0 N–H and O–H groups in total. The Hall–Kier alpha value is -1.94. The van der Waals surface area contributed by atoms with Gasteiger partial charge in [-0.2, -0.15) is 5.10 Å². The molecule has 2 heterocycles. The zero-order chi connectivity index (χ0) is 14.8. The second-order valence-corrected chi connectivity index (χ2v) is 6.22. The van der Waals surface area contributed by atoms with Gasteiger partial charge in [0.1, 0.15) is 0 Å². The smallest absolute Gasteiger partial charge is 0.243 e. The highest BCUT2D eigenvalue weighted by Gasteiger charge is 2.32. The van der Waals surface area contributed by atoms with Crippen LogP contribution in [-0.2, 0) is 4.79 Å². The third-order valence-electron chi connectivity index (χ3n) is 3.72. The number of hydrazone groups is 1. The molecule has 1 aliphatic heterocycles. The molecule has 0 saturated heterocycles. The standard InChI is InChI=1S/C17H18N2OS/c1-3-17(20)19-15(16-5-4-10-21-16)11-14(18-19)13-8-6-12(2)7-9-13/h4-10,15H,3,11H2,1-2H3. The largest absolute Gasteiger partial charge is 0.273 e. The third-order valence-corrected chi connectivity index (χ3v) is 4.70. The summed E-state index contributed by atoms with van der Waals surface area (Å²) in [6, 6.07) is 12.5. The zero-order valence-corrected chi connectivity index (χ0v) is 13.1. The van der Waals surface area contributed by atoms with E-state index in [4.69, 9.17) is 0 Å². The number of benzene rings is 1. The summed E-state index contributed by atoms with van der Waals surface area (Å²) in [5, 5.41) is 8.32. The summed E-state index contributed by atoms with van der Waals surface area (Å²) in [4.78, 5) is 13.4. The summed E-state index contributed by atoms with van der Waals surface area (Å²) >= 11 is 1.68. The van der Waals surface area contributed by atoms with Gasteiger partial charge in [-0.1, -0.05) is 42.8 Å². The van der Waals surface area contributed by atoms with E-state index in [1.54, 1.807) is 16.3 Å². The summed E-state index contributed by atoms with van der Waals surface area (Å²) in [5.74, 6) is 0.0792. The van der Waals surface area contributed by atoms with Gasteiger partial charge >= 0.3 is 0 Å². The Kier molecular flexibility index (Phi) is 3.88. The summed E-state index contributed by atoms with van der Waals surface area (Å²) < 4.78 is 0. The number of hydrogen-bond donors (Lipinski definition) is 0. The first-order chi connectivity index (χ1) is 10.2. The Balaban J connectivity index is 1.93. The molecule has 0 saturated carbocycles. The normalized spacial score (nSPS) is 17.9. The fourth-order valence-corrected chi connectivity index (χ4v) is 3.34. The third kappa shape index (κ3) is 2.76. The van der Waals surface area contributed by atoms with Crippen LogP contribution < -0.4 is 0 Å². The van der Waals surface area contributed by atoms with Gasteiger partial charge in [0.2, 0.25) is 5.91 Å². The van der Waals surface area contributed by atoms with Crippen molar-refractivity contribution in [1.82, 2.24) is 5.01 Å². The summed E-state index contributed by atoms with van der Waals surface area (Å²) in [6.45, 7) is 3.95. The van der Waals surface area contributed by atoms with Gasteiger partial charge < -0.3 is 0 Å². The monoisotopic (exact) mass is 298 g/mol.